The van der Waals surface area contributed by atoms with Crippen molar-refractivity contribution < 1.29 is 26.9 Å². The van der Waals surface area contributed by atoms with Crippen molar-refractivity contribution >= 4 is 16.3 Å². The van der Waals surface area contributed by atoms with Gasteiger partial charge in [-0.2, -0.15) is 18.2 Å². The van der Waals surface area contributed by atoms with Crippen molar-refractivity contribution in [1.82, 2.24) is 21.6 Å². The van der Waals surface area contributed by atoms with Crippen LogP contribution in [-0.4, -0.2) is 56.7 Å². The summed E-state index contributed by atoms with van der Waals surface area (Å²) < 4.78 is 33.4. The summed E-state index contributed by atoms with van der Waals surface area (Å²) >= 11 is 0. The van der Waals surface area contributed by atoms with Crippen molar-refractivity contribution in [1.29, 1.82) is 0 Å². The van der Waals surface area contributed by atoms with Gasteiger partial charge in [0.25, 0.3) is 5.91 Å². The Morgan fingerprint density at radius 1 is 1.27 bits per heavy atom. The van der Waals surface area contributed by atoms with Gasteiger partial charge in [0.05, 0.1) is 12.6 Å². The molecule has 2 saturated heterocycles. The maximum absolute atomic E-state index is 11.9. The van der Waals surface area contributed by atoms with Gasteiger partial charge in [-0.15, -0.1) is 0 Å². The third kappa shape index (κ3) is 6.12. The molecule has 0 aromatic heterocycles. The highest BCUT2D eigenvalue weighted by atomic mass is 32.3. The van der Waals surface area contributed by atoms with Gasteiger partial charge in [0.15, 0.2) is 0 Å². The van der Waals surface area contributed by atoms with Gasteiger partial charge in [-0.05, 0) is 32.2 Å². The van der Waals surface area contributed by atoms with Crippen LogP contribution in [0.3, 0.4) is 0 Å². The van der Waals surface area contributed by atoms with Crippen LogP contribution < -0.4 is 21.6 Å². The number of hydrogen-bond acceptors (Lipinski definition) is 8. The number of hydroxylamine groups is 2. The molecule has 2 fully saturated rings. The molecule has 0 aromatic rings. The van der Waals surface area contributed by atoms with E-state index < -0.39 is 16.4 Å². The quantitative estimate of drug-likeness (QED) is 0.270. The minimum absolute atomic E-state index is 0.257. The van der Waals surface area contributed by atoms with Gasteiger partial charge in [-0.25, -0.2) is 5.48 Å². The minimum atomic E-state index is -4.52. The van der Waals surface area contributed by atoms with Gasteiger partial charge in [-0.1, -0.05) is 0 Å². The smallest absolute Gasteiger partial charge is 0.312 e. The maximum atomic E-state index is 11.9. The molecular weight excluding hydrogens is 316 g/mol. The second kappa shape index (κ2) is 8.15. The largest absolute Gasteiger partial charge is 0.413 e. The Kier molecular flexibility index (Phi) is 6.50. The molecule has 5 N–H and O–H groups in total. The fraction of sp³-hybridized carbons (Fsp3) is 0.909. The number of carbonyl (C=O) groups is 1. The summed E-state index contributed by atoms with van der Waals surface area (Å²) in [5.74, 6) is -0.257. The van der Waals surface area contributed by atoms with Crippen LogP contribution in [0.5, 0.6) is 0 Å². The molecule has 0 saturated carbocycles. The first-order chi connectivity index (χ1) is 10.4. The van der Waals surface area contributed by atoms with E-state index in [9.17, 15) is 13.2 Å². The maximum Gasteiger partial charge on any atom is 0.413 e. The van der Waals surface area contributed by atoms with Crippen LogP contribution in [-0.2, 0) is 24.3 Å². The Bertz CT molecular complexity index is 459. The van der Waals surface area contributed by atoms with E-state index in [2.05, 4.69) is 25.9 Å². The van der Waals surface area contributed by atoms with Gasteiger partial charge in [0, 0.05) is 18.6 Å². The lowest BCUT2D eigenvalue weighted by Crippen LogP contribution is -2.53. The molecule has 1 unspecified atom stereocenters. The Hall–Kier alpha value is -0.820. The van der Waals surface area contributed by atoms with E-state index in [1.54, 1.807) is 0 Å². The lowest BCUT2D eigenvalue weighted by molar-refractivity contribution is -0.137. The Morgan fingerprint density at radius 2 is 2.09 bits per heavy atom. The third-order valence-electron chi connectivity index (χ3n) is 3.67. The number of piperidine rings is 1. The molecule has 0 aliphatic carbocycles. The summed E-state index contributed by atoms with van der Waals surface area (Å²) in [5, 5.41) is 6.22. The van der Waals surface area contributed by atoms with Crippen LogP contribution in [0, 0.1) is 0 Å². The molecule has 0 spiro atoms. The lowest BCUT2D eigenvalue weighted by Gasteiger charge is -2.28. The number of amides is 1. The highest BCUT2D eigenvalue weighted by Gasteiger charge is 2.27. The second-order valence-corrected chi connectivity index (χ2v) is 6.46. The van der Waals surface area contributed by atoms with Crippen LogP contribution in [0.25, 0.3) is 0 Å². The van der Waals surface area contributed by atoms with Gasteiger partial charge < -0.3 is 10.6 Å². The Labute approximate surface area is 129 Å². The van der Waals surface area contributed by atoms with Crippen LogP contribution in [0.15, 0.2) is 0 Å². The molecule has 3 atom stereocenters. The third-order valence-corrected chi connectivity index (χ3v) is 3.98. The van der Waals surface area contributed by atoms with Gasteiger partial charge in [0.1, 0.15) is 0 Å². The highest BCUT2D eigenvalue weighted by Crippen LogP contribution is 2.09. The Morgan fingerprint density at radius 3 is 2.68 bits per heavy atom. The summed E-state index contributed by atoms with van der Waals surface area (Å²) in [7, 11) is -4.52. The summed E-state index contributed by atoms with van der Waals surface area (Å²) in [6.45, 7) is 1.74. The fourth-order valence-corrected chi connectivity index (χ4v) is 2.75. The van der Waals surface area contributed by atoms with Crippen molar-refractivity contribution in [2.24, 2.45) is 0 Å². The fourth-order valence-electron chi connectivity index (χ4n) is 2.49. The van der Waals surface area contributed by atoms with E-state index in [4.69, 9.17) is 9.39 Å². The van der Waals surface area contributed by atoms with Crippen molar-refractivity contribution in [3.63, 3.8) is 0 Å². The standard InChI is InChI=1S/C11H22N4O6S/c16-11(15-20-7-9-2-1-5-12-9)10-4-3-8(6-13-10)14-21-22(17,18)19/h8-10,12-14H,1-7H2,(H,15,16)(H,17,18,19)/t8-,9?,10+/m1/s1. The van der Waals surface area contributed by atoms with E-state index in [0.717, 1.165) is 19.4 Å². The molecule has 11 heteroatoms. The normalized spacial score (nSPS) is 29.4. The van der Waals surface area contributed by atoms with Crippen molar-refractivity contribution in [3.8, 4) is 0 Å². The summed E-state index contributed by atoms with van der Waals surface area (Å²) in [5.41, 5.74) is 4.65. The zero-order valence-corrected chi connectivity index (χ0v) is 12.9. The average molecular weight is 338 g/mol. The van der Waals surface area contributed by atoms with Gasteiger partial charge >= 0.3 is 10.4 Å². The van der Waals surface area contributed by atoms with E-state index in [-0.39, 0.29) is 18.0 Å². The summed E-state index contributed by atoms with van der Waals surface area (Å²) in [6.07, 6.45) is 3.17. The number of nitrogens with one attached hydrogen (secondary N) is 4. The number of hydrogen-bond donors (Lipinski definition) is 5. The minimum Gasteiger partial charge on any atom is -0.312 e. The molecule has 128 valence electrons. The topological polar surface area (TPSA) is 138 Å². The van der Waals surface area contributed by atoms with Crippen LogP contribution >= 0.6 is 0 Å². The summed E-state index contributed by atoms with van der Waals surface area (Å²) in [4.78, 5) is 17.1. The van der Waals surface area contributed by atoms with Crippen molar-refractivity contribution in [2.45, 2.75) is 43.8 Å². The molecule has 0 aromatic carbocycles. The molecule has 0 bridgehead atoms. The molecule has 2 heterocycles. The van der Waals surface area contributed by atoms with Gasteiger partial charge in [0.2, 0.25) is 0 Å². The van der Waals surface area contributed by atoms with Crippen LogP contribution in [0.2, 0.25) is 0 Å². The molecular formula is C11H22N4O6S. The molecule has 0 radical (unpaired) electrons. The zero-order valence-electron chi connectivity index (χ0n) is 12.1. The summed E-state index contributed by atoms with van der Waals surface area (Å²) in [6, 6.07) is -0.430. The predicted octanol–water partition coefficient (Wildman–Crippen LogP) is -1.77. The molecule has 22 heavy (non-hydrogen) atoms. The first kappa shape index (κ1) is 17.5. The molecule has 2 aliphatic heterocycles. The highest BCUT2D eigenvalue weighted by molar-refractivity contribution is 7.80. The monoisotopic (exact) mass is 338 g/mol. The van der Waals surface area contributed by atoms with E-state index >= 15 is 0 Å². The van der Waals surface area contributed by atoms with Crippen LogP contribution in [0.1, 0.15) is 25.7 Å². The first-order valence-electron chi connectivity index (χ1n) is 7.24. The second-order valence-electron chi connectivity index (χ2n) is 5.43. The van der Waals surface area contributed by atoms with Crippen molar-refractivity contribution in [3.05, 3.63) is 0 Å². The molecule has 2 rings (SSSR count). The van der Waals surface area contributed by atoms with Crippen LogP contribution in [0.4, 0.5) is 0 Å². The number of rotatable bonds is 7. The van der Waals surface area contributed by atoms with E-state index in [1.807, 2.05) is 0 Å². The predicted molar refractivity (Wildman–Crippen MR) is 75.7 cm³/mol. The van der Waals surface area contributed by atoms with Crippen molar-refractivity contribution in [2.75, 3.05) is 19.7 Å². The molecule has 10 nitrogen and oxygen atoms in total. The number of carbonyl (C=O) groups excluding carboxylic acids is 1. The molecule has 2 aliphatic rings. The zero-order chi connectivity index (χ0) is 16.0. The lowest BCUT2D eigenvalue weighted by atomic mass is 10.0. The Balaban J connectivity index is 1.60. The molecule has 1 amide bonds. The SMILES string of the molecule is O=C(NOCC1CCCN1)[C@@H]1CC[C@@H](NOS(=O)(=O)O)CN1. The van der Waals surface area contributed by atoms with Gasteiger partial charge in [-0.3, -0.25) is 14.2 Å². The first-order valence-corrected chi connectivity index (χ1v) is 8.60. The van der Waals surface area contributed by atoms with E-state index in [0.29, 0.717) is 26.0 Å². The average Bonchev–Trinajstić information content (AvgIpc) is 2.98. The van der Waals surface area contributed by atoms with E-state index in [1.165, 1.54) is 0 Å².